The molecule has 0 spiro atoms. The maximum atomic E-state index is 6.91. The van der Waals surface area contributed by atoms with Crippen LogP contribution in [0.5, 0.6) is 23.0 Å². The quantitative estimate of drug-likeness (QED) is 0.170. The van der Waals surface area contributed by atoms with Crippen molar-refractivity contribution < 1.29 is 9.47 Å². The fourth-order valence-electron chi connectivity index (χ4n) is 8.56. The highest BCUT2D eigenvalue weighted by Crippen LogP contribution is 2.62. The van der Waals surface area contributed by atoms with Crippen molar-refractivity contribution in [3.8, 4) is 79.3 Å². The van der Waals surface area contributed by atoms with Gasteiger partial charge in [0.1, 0.15) is 0 Å². The van der Waals surface area contributed by atoms with Crippen molar-refractivity contribution in [2.45, 2.75) is 5.41 Å². The minimum atomic E-state index is -0.532. The molecule has 57 heavy (non-hydrogen) atoms. The summed E-state index contributed by atoms with van der Waals surface area (Å²) < 4.78 is 13.7. The van der Waals surface area contributed by atoms with Crippen LogP contribution in [-0.2, 0) is 5.41 Å². The number of aromatic nitrogens is 3. The Labute approximate surface area is 330 Å². The molecule has 0 unspecified atom stereocenters. The van der Waals surface area contributed by atoms with Gasteiger partial charge >= 0.3 is 0 Å². The second-order valence-corrected chi connectivity index (χ2v) is 14.3. The molecule has 0 saturated heterocycles. The van der Waals surface area contributed by atoms with E-state index in [1.54, 1.807) is 0 Å². The number of ether oxygens (including phenoxy) is 2. The monoisotopic (exact) mass is 731 g/mol. The van der Waals surface area contributed by atoms with Crippen LogP contribution in [0.15, 0.2) is 200 Å². The molecule has 0 N–H and O–H groups in total. The number of fused-ring (bicyclic) bond motifs is 6. The molecule has 1 aliphatic heterocycles. The summed E-state index contributed by atoms with van der Waals surface area (Å²) >= 11 is 0. The molecule has 268 valence electrons. The number of nitrogens with zero attached hydrogens (tertiary/aromatic N) is 3. The number of benzene rings is 7. The van der Waals surface area contributed by atoms with E-state index >= 15 is 0 Å². The molecule has 2 aromatic heterocycles. The van der Waals surface area contributed by atoms with Crippen molar-refractivity contribution in [3.63, 3.8) is 0 Å². The maximum absolute atomic E-state index is 6.91. The number of hydrogen-bond acceptors (Lipinski definition) is 5. The summed E-state index contributed by atoms with van der Waals surface area (Å²) in [4.78, 5) is 14.8. The first-order valence-corrected chi connectivity index (χ1v) is 19.1. The van der Waals surface area contributed by atoms with Gasteiger partial charge in [-0.3, -0.25) is 4.98 Å². The van der Waals surface area contributed by atoms with E-state index in [9.17, 15) is 0 Å². The Balaban J connectivity index is 1.02. The molecule has 3 heterocycles. The van der Waals surface area contributed by atoms with E-state index in [2.05, 4.69) is 126 Å². The van der Waals surface area contributed by atoms with Crippen LogP contribution in [0.3, 0.4) is 0 Å². The smallest absolute Gasteiger partial charge is 0.178 e. The topological polar surface area (TPSA) is 57.1 Å². The molecule has 0 atom stereocenters. The molecule has 5 heteroatoms. The van der Waals surface area contributed by atoms with Crippen LogP contribution in [0.1, 0.15) is 22.3 Å². The van der Waals surface area contributed by atoms with E-state index in [0.717, 1.165) is 61.8 Å². The Morgan fingerprint density at radius 1 is 0.386 bits per heavy atom. The molecule has 0 fully saturated rings. The Kier molecular flexibility index (Phi) is 7.64. The van der Waals surface area contributed by atoms with Gasteiger partial charge in [-0.15, -0.1) is 0 Å². The Bertz CT molecular complexity index is 2910. The molecule has 5 nitrogen and oxygen atoms in total. The lowest BCUT2D eigenvalue weighted by molar-refractivity contribution is 0.360. The van der Waals surface area contributed by atoms with Gasteiger partial charge in [0, 0.05) is 34.0 Å². The van der Waals surface area contributed by atoms with E-state index in [1.807, 2.05) is 79.0 Å². The molecule has 0 bridgehead atoms. The normalized spacial score (nSPS) is 13.0. The van der Waals surface area contributed by atoms with Crippen molar-refractivity contribution in [1.82, 2.24) is 15.0 Å². The van der Waals surface area contributed by atoms with E-state index in [0.29, 0.717) is 23.1 Å². The van der Waals surface area contributed by atoms with E-state index in [4.69, 9.17) is 19.4 Å². The summed E-state index contributed by atoms with van der Waals surface area (Å²) in [7, 11) is 0. The first kappa shape index (κ1) is 32.8. The van der Waals surface area contributed by atoms with Crippen LogP contribution in [-0.4, -0.2) is 15.0 Å². The van der Waals surface area contributed by atoms with Crippen LogP contribution < -0.4 is 9.47 Å². The van der Waals surface area contributed by atoms with Crippen LogP contribution in [0.25, 0.3) is 56.3 Å². The minimum absolute atomic E-state index is 0.532. The Hall–Kier alpha value is -7.63. The predicted molar refractivity (Wildman–Crippen MR) is 225 cm³/mol. The van der Waals surface area contributed by atoms with Crippen LogP contribution in [0.4, 0.5) is 0 Å². The molecular weight excluding hydrogens is 699 g/mol. The summed E-state index contributed by atoms with van der Waals surface area (Å²) in [6.45, 7) is 0. The zero-order valence-electron chi connectivity index (χ0n) is 30.7. The number of hydrogen-bond donors (Lipinski definition) is 0. The molecule has 2 aliphatic rings. The predicted octanol–water partition coefficient (Wildman–Crippen LogP) is 12.8. The van der Waals surface area contributed by atoms with Crippen molar-refractivity contribution >= 4 is 0 Å². The van der Waals surface area contributed by atoms with Crippen molar-refractivity contribution in [2.75, 3.05) is 0 Å². The third-order valence-electron chi connectivity index (χ3n) is 11.1. The fourth-order valence-corrected chi connectivity index (χ4v) is 8.56. The van der Waals surface area contributed by atoms with Gasteiger partial charge in [0.2, 0.25) is 0 Å². The lowest BCUT2D eigenvalue weighted by atomic mass is 9.68. The Morgan fingerprint density at radius 2 is 1.02 bits per heavy atom. The average molecular weight is 732 g/mol. The number of pyridine rings is 1. The zero-order chi connectivity index (χ0) is 37.8. The molecule has 0 radical (unpaired) electrons. The first-order chi connectivity index (χ1) is 28.2. The van der Waals surface area contributed by atoms with Gasteiger partial charge in [0.25, 0.3) is 0 Å². The summed E-state index contributed by atoms with van der Waals surface area (Å²) in [5.41, 5.74) is 12.7. The third-order valence-corrected chi connectivity index (χ3v) is 11.1. The SMILES string of the molecule is c1ccc(-c2cc(-c3ccc4c(c3)Oc3ccc5c(c3O4)-c3ccccc3C5(c3ccccc3)c3ccccc3)nc(-c3cccc(-c4ccccn4)c3)n2)cc1. The first-order valence-electron chi connectivity index (χ1n) is 19.1. The standard InChI is InChI=1S/C52H33N3O2/c1-4-15-34(16-5-1)44-33-45(55-51(54-44)37-18-14-17-35(31-37)43-25-12-13-30-53-43)36-26-28-46-48(32-36)56-47-29-27-42-49(50(47)57-46)40-23-10-11-24-41(40)52(42,38-19-6-2-7-20-38)39-21-8-3-9-22-39/h1-33H. The summed E-state index contributed by atoms with van der Waals surface area (Å²) in [6.07, 6.45) is 1.81. The second-order valence-electron chi connectivity index (χ2n) is 14.3. The largest absolute Gasteiger partial charge is 0.449 e. The third kappa shape index (κ3) is 5.35. The number of rotatable bonds is 6. The van der Waals surface area contributed by atoms with Crippen molar-refractivity contribution in [1.29, 1.82) is 0 Å². The molecule has 0 amide bonds. The highest BCUT2D eigenvalue weighted by Gasteiger charge is 2.48. The highest BCUT2D eigenvalue weighted by atomic mass is 16.6. The van der Waals surface area contributed by atoms with Gasteiger partial charge in [-0.25, -0.2) is 9.97 Å². The summed E-state index contributed by atoms with van der Waals surface area (Å²) in [6, 6.07) is 66.9. The van der Waals surface area contributed by atoms with Gasteiger partial charge in [0.05, 0.1) is 22.5 Å². The fraction of sp³-hybridized carbons (Fsp3) is 0.0192. The van der Waals surface area contributed by atoms with Crippen molar-refractivity contribution in [3.05, 3.63) is 223 Å². The van der Waals surface area contributed by atoms with Crippen LogP contribution >= 0.6 is 0 Å². The van der Waals surface area contributed by atoms with E-state index < -0.39 is 5.41 Å². The van der Waals surface area contributed by atoms with Gasteiger partial charge in [-0.2, -0.15) is 0 Å². The molecule has 11 rings (SSSR count). The van der Waals surface area contributed by atoms with E-state index in [-0.39, 0.29) is 0 Å². The molecule has 1 aliphatic carbocycles. The summed E-state index contributed by atoms with van der Waals surface area (Å²) in [5.74, 6) is 3.29. The molecule has 7 aromatic carbocycles. The molecule has 9 aromatic rings. The minimum Gasteiger partial charge on any atom is -0.449 e. The zero-order valence-corrected chi connectivity index (χ0v) is 30.7. The molecule has 0 saturated carbocycles. The van der Waals surface area contributed by atoms with Gasteiger partial charge < -0.3 is 9.47 Å². The maximum Gasteiger partial charge on any atom is 0.178 e. The van der Waals surface area contributed by atoms with Gasteiger partial charge in [-0.05, 0) is 76.3 Å². The lowest BCUT2D eigenvalue weighted by Crippen LogP contribution is -2.28. The Morgan fingerprint density at radius 3 is 1.77 bits per heavy atom. The average Bonchev–Trinajstić information content (AvgIpc) is 3.61. The highest BCUT2D eigenvalue weighted by molar-refractivity contribution is 5.92. The summed E-state index contributed by atoms with van der Waals surface area (Å²) in [5, 5.41) is 0. The molecular formula is C52H33N3O2. The van der Waals surface area contributed by atoms with Crippen LogP contribution in [0.2, 0.25) is 0 Å². The van der Waals surface area contributed by atoms with Gasteiger partial charge in [0.15, 0.2) is 28.8 Å². The lowest BCUT2D eigenvalue weighted by Gasteiger charge is -2.34. The van der Waals surface area contributed by atoms with Gasteiger partial charge in [-0.1, -0.05) is 146 Å². The second kappa shape index (κ2) is 13.3. The van der Waals surface area contributed by atoms with Crippen LogP contribution in [0, 0.1) is 0 Å². The van der Waals surface area contributed by atoms with Crippen molar-refractivity contribution in [2.24, 2.45) is 0 Å². The van der Waals surface area contributed by atoms with E-state index in [1.165, 1.54) is 16.7 Å².